The highest BCUT2D eigenvalue weighted by Crippen LogP contribution is 2.31. The summed E-state index contributed by atoms with van der Waals surface area (Å²) in [6, 6.07) is 5.68. The predicted octanol–water partition coefficient (Wildman–Crippen LogP) is 2.74. The molecule has 0 amide bonds. The second-order valence-corrected chi connectivity index (χ2v) is 6.28. The quantitative estimate of drug-likeness (QED) is 0.939. The smallest absolute Gasteiger partial charge is 0.160 e. The van der Waals surface area contributed by atoms with E-state index in [1.54, 1.807) is 24.5 Å². The van der Waals surface area contributed by atoms with Crippen molar-refractivity contribution in [2.24, 2.45) is 0 Å². The van der Waals surface area contributed by atoms with E-state index in [1.807, 2.05) is 19.1 Å². The van der Waals surface area contributed by atoms with E-state index in [-0.39, 0.29) is 11.8 Å². The van der Waals surface area contributed by atoms with E-state index in [9.17, 15) is 5.11 Å². The third-order valence-electron chi connectivity index (χ3n) is 3.79. The molecule has 0 aliphatic carbocycles. The molecular weight excluding hydrogens is 300 g/mol. The maximum atomic E-state index is 9.71. The molecule has 22 heavy (non-hydrogen) atoms. The topological polar surface area (TPSA) is 54.8 Å². The SMILES string of the molecule is COc1cc(CN2CCOC[C@@H]2c2nc(C)cs2)ccc1O. The minimum absolute atomic E-state index is 0.167. The summed E-state index contributed by atoms with van der Waals surface area (Å²) >= 11 is 1.68. The van der Waals surface area contributed by atoms with Gasteiger partial charge in [0.2, 0.25) is 0 Å². The van der Waals surface area contributed by atoms with Crippen LogP contribution in [0.15, 0.2) is 23.6 Å². The van der Waals surface area contributed by atoms with Crippen LogP contribution in [-0.4, -0.2) is 41.9 Å². The van der Waals surface area contributed by atoms with E-state index >= 15 is 0 Å². The summed E-state index contributed by atoms with van der Waals surface area (Å²) in [5, 5.41) is 12.9. The summed E-state index contributed by atoms with van der Waals surface area (Å²) in [6.07, 6.45) is 0. The zero-order chi connectivity index (χ0) is 15.5. The van der Waals surface area contributed by atoms with E-state index in [0.29, 0.717) is 12.4 Å². The number of benzene rings is 1. The van der Waals surface area contributed by atoms with Crippen molar-refractivity contribution in [3.63, 3.8) is 0 Å². The zero-order valence-electron chi connectivity index (χ0n) is 12.8. The highest BCUT2D eigenvalue weighted by atomic mass is 32.1. The van der Waals surface area contributed by atoms with Gasteiger partial charge in [-0.15, -0.1) is 11.3 Å². The number of nitrogens with zero attached hydrogens (tertiary/aromatic N) is 2. The summed E-state index contributed by atoms with van der Waals surface area (Å²) in [5.41, 5.74) is 2.16. The molecule has 118 valence electrons. The van der Waals surface area contributed by atoms with Gasteiger partial charge in [0, 0.05) is 24.2 Å². The molecule has 0 radical (unpaired) electrons. The third-order valence-corrected chi connectivity index (χ3v) is 4.85. The highest BCUT2D eigenvalue weighted by Gasteiger charge is 2.27. The first-order chi connectivity index (χ1) is 10.7. The Kier molecular flexibility index (Phi) is 4.61. The standard InChI is InChI=1S/C16H20N2O3S/c1-11-10-22-16(17-11)13-9-21-6-5-18(13)8-12-3-4-14(19)15(7-12)20-2/h3-4,7,10,13,19H,5-6,8-9H2,1-2H3/t13-/m1/s1. The maximum absolute atomic E-state index is 9.71. The normalized spacial score (nSPS) is 19.3. The van der Waals surface area contributed by atoms with Crippen molar-refractivity contribution in [1.82, 2.24) is 9.88 Å². The van der Waals surface area contributed by atoms with Gasteiger partial charge < -0.3 is 14.6 Å². The van der Waals surface area contributed by atoms with Crippen LogP contribution in [-0.2, 0) is 11.3 Å². The lowest BCUT2D eigenvalue weighted by molar-refractivity contribution is -0.0128. The van der Waals surface area contributed by atoms with Crippen LogP contribution >= 0.6 is 11.3 Å². The Labute approximate surface area is 134 Å². The van der Waals surface area contributed by atoms with Crippen LogP contribution in [0.1, 0.15) is 22.3 Å². The van der Waals surface area contributed by atoms with Crippen LogP contribution in [0, 0.1) is 6.92 Å². The van der Waals surface area contributed by atoms with Gasteiger partial charge in [-0.1, -0.05) is 6.07 Å². The van der Waals surface area contributed by atoms with Crippen LogP contribution < -0.4 is 4.74 Å². The molecule has 5 nitrogen and oxygen atoms in total. The molecule has 2 heterocycles. The number of methoxy groups -OCH3 is 1. The summed E-state index contributed by atoms with van der Waals surface area (Å²) < 4.78 is 10.8. The fourth-order valence-electron chi connectivity index (χ4n) is 2.63. The van der Waals surface area contributed by atoms with Gasteiger partial charge in [-0.25, -0.2) is 4.98 Å². The second kappa shape index (κ2) is 6.64. The molecule has 1 fully saturated rings. The zero-order valence-corrected chi connectivity index (χ0v) is 13.6. The first-order valence-electron chi connectivity index (χ1n) is 7.27. The largest absolute Gasteiger partial charge is 0.504 e. The molecule has 1 atom stereocenters. The number of rotatable bonds is 4. The Hall–Kier alpha value is -1.63. The summed E-state index contributed by atoms with van der Waals surface area (Å²) in [6.45, 7) is 5.06. The van der Waals surface area contributed by atoms with Crippen molar-refractivity contribution in [2.45, 2.75) is 19.5 Å². The third kappa shape index (κ3) is 3.24. The Morgan fingerprint density at radius 2 is 2.36 bits per heavy atom. The monoisotopic (exact) mass is 320 g/mol. The molecule has 1 N–H and O–H groups in total. The number of ether oxygens (including phenoxy) is 2. The van der Waals surface area contributed by atoms with Gasteiger partial charge in [0.1, 0.15) is 5.01 Å². The number of morpholine rings is 1. The van der Waals surface area contributed by atoms with E-state index in [4.69, 9.17) is 9.47 Å². The Morgan fingerprint density at radius 3 is 3.09 bits per heavy atom. The number of aromatic nitrogens is 1. The lowest BCUT2D eigenvalue weighted by atomic mass is 10.1. The van der Waals surface area contributed by atoms with Crippen LogP contribution in [0.5, 0.6) is 11.5 Å². The fourth-order valence-corrected chi connectivity index (χ4v) is 3.55. The Balaban J connectivity index is 1.79. The molecule has 0 spiro atoms. The lowest BCUT2D eigenvalue weighted by Crippen LogP contribution is -2.39. The number of aromatic hydroxyl groups is 1. The summed E-state index contributed by atoms with van der Waals surface area (Å²) in [7, 11) is 1.56. The van der Waals surface area contributed by atoms with Gasteiger partial charge in [-0.05, 0) is 24.6 Å². The summed E-state index contributed by atoms with van der Waals surface area (Å²) in [5.74, 6) is 0.674. The Morgan fingerprint density at radius 1 is 1.50 bits per heavy atom. The second-order valence-electron chi connectivity index (χ2n) is 5.39. The molecule has 2 aromatic rings. The van der Waals surface area contributed by atoms with E-state index in [1.165, 1.54) is 0 Å². The van der Waals surface area contributed by atoms with Gasteiger partial charge in [-0.2, -0.15) is 0 Å². The Bertz CT molecular complexity index is 644. The van der Waals surface area contributed by atoms with Crippen molar-refractivity contribution >= 4 is 11.3 Å². The number of aryl methyl sites for hydroxylation is 1. The van der Waals surface area contributed by atoms with Crippen LogP contribution in [0.4, 0.5) is 0 Å². The number of phenolic OH excluding ortho intramolecular Hbond substituents is 1. The molecule has 1 aromatic heterocycles. The number of hydrogen-bond donors (Lipinski definition) is 1. The van der Waals surface area contributed by atoms with E-state index in [0.717, 1.165) is 36.0 Å². The average molecular weight is 320 g/mol. The minimum atomic E-state index is 0.167. The van der Waals surface area contributed by atoms with Crippen molar-refractivity contribution in [2.75, 3.05) is 26.9 Å². The summed E-state index contributed by atoms with van der Waals surface area (Å²) in [4.78, 5) is 6.97. The van der Waals surface area contributed by atoms with Crippen LogP contribution in [0.3, 0.4) is 0 Å². The molecule has 0 bridgehead atoms. The van der Waals surface area contributed by atoms with Crippen molar-refractivity contribution in [3.8, 4) is 11.5 Å². The molecule has 6 heteroatoms. The minimum Gasteiger partial charge on any atom is -0.504 e. The molecule has 1 aliphatic heterocycles. The van der Waals surface area contributed by atoms with Crippen molar-refractivity contribution in [3.05, 3.63) is 39.8 Å². The first-order valence-corrected chi connectivity index (χ1v) is 8.15. The van der Waals surface area contributed by atoms with Gasteiger partial charge >= 0.3 is 0 Å². The van der Waals surface area contributed by atoms with Gasteiger partial charge in [0.25, 0.3) is 0 Å². The van der Waals surface area contributed by atoms with Gasteiger partial charge in [0.15, 0.2) is 11.5 Å². The highest BCUT2D eigenvalue weighted by molar-refractivity contribution is 7.09. The average Bonchev–Trinajstić information content (AvgIpc) is 2.96. The van der Waals surface area contributed by atoms with Crippen molar-refractivity contribution < 1.29 is 14.6 Å². The molecule has 0 unspecified atom stereocenters. The lowest BCUT2D eigenvalue weighted by Gasteiger charge is -2.34. The van der Waals surface area contributed by atoms with E-state index in [2.05, 4.69) is 15.3 Å². The van der Waals surface area contributed by atoms with Gasteiger partial charge in [-0.3, -0.25) is 4.90 Å². The van der Waals surface area contributed by atoms with Crippen molar-refractivity contribution in [1.29, 1.82) is 0 Å². The number of hydrogen-bond acceptors (Lipinski definition) is 6. The fraction of sp³-hybridized carbons (Fsp3) is 0.438. The van der Waals surface area contributed by atoms with E-state index < -0.39 is 0 Å². The molecule has 0 saturated carbocycles. The maximum Gasteiger partial charge on any atom is 0.160 e. The predicted molar refractivity (Wildman–Crippen MR) is 85.5 cm³/mol. The molecule has 1 aromatic carbocycles. The van der Waals surface area contributed by atoms with Crippen LogP contribution in [0.2, 0.25) is 0 Å². The molecule has 1 saturated heterocycles. The number of phenols is 1. The molecule has 1 aliphatic rings. The molecule has 3 rings (SSSR count). The first kappa shape index (κ1) is 15.3. The van der Waals surface area contributed by atoms with Gasteiger partial charge in [0.05, 0.1) is 26.4 Å². The van der Waals surface area contributed by atoms with Crippen LogP contribution in [0.25, 0.3) is 0 Å². The molecular formula is C16H20N2O3S. The number of thiazole rings is 1.